The Morgan fingerprint density at radius 1 is 0.836 bits per heavy atom. The molecule has 0 unspecified atom stereocenters. The van der Waals surface area contributed by atoms with Gasteiger partial charge in [-0.05, 0) is 98.1 Å². The fourth-order valence-electron chi connectivity index (χ4n) is 8.48. The van der Waals surface area contributed by atoms with E-state index in [1.165, 1.54) is 7.11 Å². The number of likely N-dealkylation sites (tertiary alicyclic amines) is 2. The van der Waals surface area contributed by atoms with Gasteiger partial charge in [0.1, 0.15) is 17.7 Å². The van der Waals surface area contributed by atoms with Crippen molar-refractivity contribution in [3.05, 3.63) is 71.4 Å². The summed E-state index contributed by atoms with van der Waals surface area (Å²) >= 11 is 0. The van der Waals surface area contributed by atoms with Gasteiger partial charge in [-0.3, -0.25) is 9.59 Å². The Labute approximate surface area is 322 Å². The van der Waals surface area contributed by atoms with Crippen LogP contribution in [0.5, 0.6) is 0 Å². The van der Waals surface area contributed by atoms with Gasteiger partial charge >= 0.3 is 6.09 Å². The maximum Gasteiger partial charge on any atom is 0.407 e. The van der Waals surface area contributed by atoms with Crippen LogP contribution in [0.25, 0.3) is 22.3 Å². The molecule has 55 heavy (non-hydrogen) atoms. The van der Waals surface area contributed by atoms with Crippen molar-refractivity contribution in [3.63, 3.8) is 0 Å². The number of methoxy groups -OCH3 is 2. The Morgan fingerprint density at radius 2 is 1.45 bits per heavy atom. The number of benzene rings is 2. The average molecular weight is 746 g/mol. The van der Waals surface area contributed by atoms with E-state index in [-0.39, 0.29) is 52.7 Å². The second-order valence-corrected chi connectivity index (χ2v) is 16.8. The molecule has 12 heteroatoms. The van der Waals surface area contributed by atoms with Crippen LogP contribution in [-0.2, 0) is 19.1 Å². The molecule has 0 radical (unpaired) electrons. The highest BCUT2D eigenvalue weighted by molar-refractivity contribution is 5.86. The van der Waals surface area contributed by atoms with E-state index in [4.69, 9.17) is 19.4 Å². The summed E-state index contributed by atoms with van der Waals surface area (Å²) < 4.78 is 10.3. The number of nitrogens with zero attached hydrogens (tertiary/aromatic N) is 4. The maximum atomic E-state index is 13.8. The first-order valence-electron chi connectivity index (χ1n) is 19.6. The van der Waals surface area contributed by atoms with Crippen LogP contribution in [0.4, 0.5) is 4.79 Å². The van der Waals surface area contributed by atoms with Gasteiger partial charge in [0.2, 0.25) is 11.8 Å². The minimum atomic E-state index is -0.681. The molecule has 12 nitrogen and oxygen atoms in total. The van der Waals surface area contributed by atoms with Crippen molar-refractivity contribution in [1.82, 2.24) is 35.1 Å². The minimum absolute atomic E-state index is 0.0742. The zero-order chi connectivity index (χ0) is 38.6. The number of H-pyrrole nitrogens is 2. The topological polar surface area (TPSA) is 146 Å². The molecule has 4 heterocycles. The highest BCUT2D eigenvalue weighted by Gasteiger charge is 2.56. The number of fused-ring (bicyclic) bond motifs is 1. The van der Waals surface area contributed by atoms with Crippen molar-refractivity contribution in [3.8, 4) is 23.1 Å². The fraction of sp³-hybridized carbons (Fsp3) is 0.512. The third kappa shape index (κ3) is 7.22. The molecule has 2 saturated heterocycles. The van der Waals surface area contributed by atoms with Crippen molar-refractivity contribution in [1.29, 1.82) is 0 Å². The van der Waals surface area contributed by atoms with E-state index in [0.717, 1.165) is 90.1 Å². The summed E-state index contributed by atoms with van der Waals surface area (Å²) in [5.74, 6) is 7.89. The Hall–Kier alpha value is -5.15. The van der Waals surface area contributed by atoms with Gasteiger partial charge < -0.3 is 34.6 Å². The molecule has 4 fully saturated rings. The van der Waals surface area contributed by atoms with Gasteiger partial charge in [0.25, 0.3) is 0 Å². The van der Waals surface area contributed by atoms with Crippen LogP contribution in [0, 0.1) is 34.5 Å². The number of hydrogen-bond donors (Lipinski definition) is 3. The minimum Gasteiger partial charge on any atom is -0.453 e. The van der Waals surface area contributed by atoms with E-state index >= 15 is 0 Å². The molecule has 0 bridgehead atoms. The lowest BCUT2D eigenvalue weighted by molar-refractivity contribution is -0.140. The van der Waals surface area contributed by atoms with Gasteiger partial charge in [-0.25, -0.2) is 14.8 Å². The van der Waals surface area contributed by atoms with Crippen LogP contribution in [0.1, 0.15) is 101 Å². The molecule has 4 aliphatic rings. The summed E-state index contributed by atoms with van der Waals surface area (Å²) in [6.45, 7) is 9.19. The predicted molar refractivity (Wildman–Crippen MR) is 207 cm³/mol. The standard InChI is InChI=1S/C43H51N7O5/c1-25(2)36(48-41(53)55-6)40(52)50-24-42(15-16-42)20-34(50)37-44-22-33(47-37)30-12-9-28(10-13-30)7-8-29-11-14-31-32(19-29)46-38(45-31)35-21-43(17-18-43)23-49(35)39(51)26(3)27(4)54-5/h9-14,19,22,25-27,34-36H,15-18,20-21,23-24H2,1-6H3,(H,44,47)(H,45,46)(H,48,53)/t26-,27+,34-,35-,36-/m0/s1. The number of carbonyl (C=O) groups is 3. The normalized spacial score (nSPS) is 22.1. The number of imidazole rings is 2. The third-order valence-electron chi connectivity index (χ3n) is 12.6. The van der Waals surface area contributed by atoms with Crippen LogP contribution in [0.15, 0.2) is 48.7 Å². The highest BCUT2D eigenvalue weighted by Crippen LogP contribution is 2.59. The molecule has 2 aliphatic carbocycles. The molecule has 2 aromatic carbocycles. The van der Waals surface area contributed by atoms with Crippen LogP contribution in [0.3, 0.4) is 0 Å². The smallest absolute Gasteiger partial charge is 0.407 e. The van der Waals surface area contributed by atoms with Gasteiger partial charge in [-0.2, -0.15) is 0 Å². The van der Waals surface area contributed by atoms with Crippen LogP contribution in [0.2, 0.25) is 0 Å². The van der Waals surface area contributed by atoms with Crippen LogP contribution >= 0.6 is 0 Å². The molecule has 2 aliphatic heterocycles. The molecule has 8 rings (SSSR count). The first-order valence-corrected chi connectivity index (χ1v) is 19.6. The molecule has 2 spiro atoms. The second-order valence-electron chi connectivity index (χ2n) is 16.8. The molecular weight excluding hydrogens is 695 g/mol. The first-order chi connectivity index (χ1) is 26.4. The fourth-order valence-corrected chi connectivity index (χ4v) is 8.48. The molecule has 3 amide bonds. The van der Waals surface area contributed by atoms with Gasteiger partial charge in [-0.1, -0.05) is 44.7 Å². The zero-order valence-electron chi connectivity index (χ0n) is 32.6. The number of nitrogens with one attached hydrogen (secondary N) is 3. The molecule has 5 atom stereocenters. The third-order valence-corrected chi connectivity index (χ3v) is 12.6. The molecule has 3 N–H and O–H groups in total. The number of rotatable bonds is 9. The number of hydrogen-bond acceptors (Lipinski definition) is 7. The molecule has 2 aromatic heterocycles. The molecule has 2 saturated carbocycles. The zero-order valence-corrected chi connectivity index (χ0v) is 32.6. The molecular formula is C43H51N7O5. The Kier molecular flexibility index (Phi) is 9.48. The summed E-state index contributed by atoms with van der Waals surface area (Å²) in [6, 6.07) is 13.1. The van der Waals surface area contributed by atoms with E-state index in [9.17, 15) is 14.4 Å². The van der Waals surface area contributed by atoms with E-state index in [1.54, 1.807) is 7.11 Å². The predicted octanol–water partition coefficient (Wildman–Crippen LogP) is 6.51. The van der Waals surface area contributed by atoms with Gasteiger partial charge in [0.05, 0.1) is 54.1 Å². The quantitative estimate of drug-likeness (QED) is 0.166. The summed E-state index contributed by atoms with van der Waals surface area (Å²) in [4.78, 5) is 60.1. The van der Waals surface area contributed by atoms with E-state index in [2.05, 4.69) is 27.1 Å². The lowest BCUT2D eigenvalue weighted by atomic mass is 10.0. The van der Waals surface area contributed by atoms with Gasteiger partial charge in [0, 0.05) is 31.3 Å². The number of ether oxygens (including phenoxy) is 2. The van der Waals surface area contributed by atoms with Crippen LogP contribution in [-0.4, -0.2) is 87.1 Å². The molecule has 288 valence electrons. The Bertz CT molecular complexity index is 2170. The van der Waals surface area contributed by atoms with Crippen molar-refractivity contribution >= 4 is 28.9 Å². The number of aromatic nitrogens is 4. The van der Waals surface area contributed by atoms with Crippen LogP contribution < -0.4 is 5.32 Å². The lowest BCUT2D eigenvalue weighted by Crippen LogP contribution is -2.51. The van der Waals surface area contributed by atoms with E-state index in [1.807, 2.05) is 86.2 Å². The summed E-state index contributed by atoms with van der Waals surface area (Å²) in [6.07, 6.45) is 7.34. The average Bonchev–Trinajstić information content (AvgIpc) is 3.80. The highest BCUT2D eigenvalue weighted by atomic mass is 16.5. The summed E-state index contributed by atoms with van der Waals surface area (Å²) in [5, 5.41) is 2.74. The molecule has 4 aromatic rings. The SMILES string of the molecule is COC(=O)N[C@H](C(=O)N1CC2(CC2)C[C@H]1c1ncc(-c2ccc(C#Cc3ccc4nc([C@@H]5CC6(CC6)CN5C(=O)[C@@H](C)[C@@H](C)OC)[nH]c4c3)cc2)[nH]1)C(C)C. The van der Waals surface area contributed by atoms with Crippen molar-refractivity contribution in [2.45, 2.75) is 90.4 Å². The maximum absolute atomic E-state index is 13.8. The van der Waals surface area contributed by atoms with Crippen molar-refractivity contribution < 1.29 is 23.9 Å². The number of carbonyl (C=O) groups excluding carboxylic acids is 3. The Balaban J connectivity index is 0.957. The van der Waals surface area contributed by atoms with Gasteiger partial charge in [-0.15, -0.1) is 0 Å². The van der Waals surface area contributed by atoms with Gasteiger partial charge in [0.15, 0.2) is 0 Å². The summed E-state index contributed by atoms with van der Waals surface area (Å²) in [7, 11) is 2.96. The lowest BCUT2D eigenvalue weighted by Gasteiger charge is -2.30. The summed E-state index contributed by atoms with van der Waals surface area (Å²) in [5.41, 5.74) is 5.71. The monoisotopic (exact) mass is 745 g/mol. The second kappa shape index (κ2) is 14.2. The number of amides is 3. The Morgan fingerprint density at radius 3 is 2.07 bits per heavy atom. The number of aromatic amines is 2. The van der Waals surface area contributed by atoms with E-state index in [0.29, 0.717) is 6.54 Å². The largest absolute Gasteiger partial charge is 0.453 e. The number of alkyl carbamates (subject to hydrolysis) is 1. The van der Waals surface area contributed by atoms with Crippen molar-refractivity contribution in [2.24, 2.45) is 22.7 Å². The first kappa shape index (κ1) is 36.8. The van der Waals surface area contributed by atoms with E-state index < -0.39 is 12.1 Å². The van der Waals surface area contributed by atoms with Crippen molar-refractivity contribution in [2.75, 3.05) is 27.3 Å².